The van der Waals surface area contributed by atoms with Crippen molar-refractivity contribution < 1.29 is 20.0 Å². The van der Waals surface area contributed by atoms with E-state index in [9.17, 15) is 0 Å². The Morgan fingerprint density at radius 3 is 1.21 bits per heavy atom. The van der Waals surface area contributed by atoms with E-state index in [1.807, 2.05) is 0 Å². The first-order chi connectivity index (χ1) is 18.5. The fraction of sp³-hybridized carbons (Fsp3) is 0.263. The van der Waals surface area contributed by atoms with Crippen molar-refractivity contribution in [2.75, 3.05) is 0 Å². The van der Waals surface area contributed by atoms with Crippen molar-refractivity contribution >= 4 is 12.2 Å². The van der Waals surface area contributed by atoms with Gasteiger partial charge in [0.25, 0.3) is 0 Å². The summed E-state index contributed by atoms with van der Waals surface area (Å²) in [5.74, 6) is 0. The molecule has 0 N–H and O–H groups in total. The maximum absolute atomic E-state index is 3.04. The summed E-state index contributed by atoms with van der Waals surface area (Å²) in [7, 11) is 0. The van der Waals surface area contributed by atoms with Gasteiger partial charge in [-0.3, -0.25) is 0 Å². The SMILES string of the molecule is CC1=Cc2c(-c3cc(C)cc(C)c3)cccc2[CH]1[Hf]([CH3])([CH3])[CH]1C(C)=Cc2c(-c3cc(C)cc(C)c3)cccc21. The molecule has 0 aliphatic heterocycles. The van der Waals surface area contributed by atoms with Crippen molar-refractivity contribution in [2.45, 2.75) is 58.3 Å². The van der Waals surface area contributed by atoms with E-state index in [0.29, 0.717) is 7.35 Å². The zero-order valence-corrected chi connectivity index (χ0v) is 28.3. The van der Waals surface area contributed by atoms with E-state index in [1.165, 1.54) is 55.6 Å². The molecular weight excluding hydrogens is 635 g/mol. The van der Waals surface area contributed by atoms with Gasteiger partial charge in [-0.1, -0.05) is 0 Å². The zero-order valence-electron chi connectivity index (χ0n) is 24.7. The summed E-state index contributed by atoms with van der Waals surface area (Å²) in [4.78, 5) is 0. The third-order valence-corrected chi connectivity index (χ3v) is 25.3. The second-order valence-electron chi connectivity index (χ2n) is 12.8. The van der Waals surface area contributed by atoms with Crippen LogP contribution in [0.25, 0.3) is 34.4 Å². The molecule has 2 aliphatic carbocycles. The van der Waals surface area contributed by atoms with E-state index in [-0.39, 0.29) is 0 Å². The standard InChI is InChI=1S/2C18H17.2CH3.Hf/c2*1-12-7-13(2)10-16(9-12)17-6-4-5-15-8-14(3)11-18(15)17;;;/h2*4-11H,1-3H3;2*1H3;. The van der Waals surface area contributed by atoms with Gasteiger partial charge in [0, 0.05) is 0 Å². The minimum atomic E-state index is -3.04. The van der Waals surface area contributed by atoms with Gasteiger partial charge in [0.05, 0.1) is 0 Å². The van der Waals surface area contributed by atoms with Gasteiger partial charge in [-0.05, 0) is 0 Å². The molecule has 1 heteroatoms. The van der Waals surface area contributed by atoms with Gasteiger partial charge in [0.15, 0.2) is 0 Å². The van der Waals surface area contributed by atoms with Gasteiger partial charge in [-0.2, -0.15) is 0 Å². The van der Waals surface area contributed by atoms with Crippen LogP contribution < -0.4 is 0 Å². The molecule has 0 saturated carbocycles. The van der Waals surface area contributed by atoms with Gasteiger partial charge in [-0.15, -0.1) is 0 Å². The molecule has 0 radical (unpaired) electrons. The Balaban J connectivity index is 1.45. The summed E-state index contributed by atoms with van der Waals surface area (Å²) in [6, 6.07) is 28.1. The molecule has 6 rings (SSSR count). The van der Waals surface area contributed by atoms with Crippen LogP contribution in [0.2, 0.25) is 9.36 Å². The number of allylic oxidation sites excluding steroid dienone is 2. The van der Waals surface area contributed by atoms with Gasteiger partial charge in [0.2, 0.25) is 0 Å². The Morgan fingerprint density at radius 2 is 0.846 bits per heavy atom. The summed E-state index contributed by atoms with van der Waals surface area (Å²) in [5, 5.41) is 0. The monoisotopic (exact) mass is 676 g/mol. The second-order valence-corrected chi connectivity index (χ2v) is 30.1. The fourth-order valence-corrected chi connectivity index (χ4v) is 25.8. The molecule has 0 spiro atoms. The maximum atomic E-state index is 2.72. The third kappa shape index (κ3) is 4.48. The van der Waals surface area contributed by atoms with Crippen molar-refractivity contribution in [3.05, 3.63) is 128 Å². The number of hydrogen-bond acceptors (Lipinski definition) is 0. The van der Waals surface area contributed by atoms with Crippen molar-refractivity contribution in [3.8, 4) is 22.3 Å². The van der Waals surface area contributed by atoms with Gasteiger partial charge < -0.3 is 0 Å². The van der Waals surface area contributed by atoms with Crippen molar-refractivity contribution in [1.82, 2.24) is 0 Å². The van der Waals surface area contributed by atoms with E-state index in [0.717, 1.165) is 0 Å². The predicted octanol–water partition coefficient (Wildman–Crippen LogP) is 11.1. The Bertz CT molecular complexity index is 1530. The molecule has 0 aromatic heterocycles. The van der Waals surface area contributed by atoms with Crippen LogP contribution in [0.5, 0.6) is 0 Å². The van der Waals surface area contributed by atoms with Gasteiger partial charge in [-0.25, -0.2) is 0 Å². The predicted molar refractivity (Wildman–Crippen MR) is 167 cm³/mol. The third-order valence-electron chi connectivity index (χ3n) is 9.11. The molecule has 0 bridgehead atoms. The number of fused-ring (bicyclic) bond motifs is 2. The molecule has 2 aliphatic rings. The van der Waals surface area contributed by atoms with Crippen LogP contribution in [0.4, 0.5) is 0 Å². The van der Waals surface area contributed by atoms with E-state index in [1.54, 1.807) is 22.3 Å². The van der Waals surface area contributed by atoms with Crippen molar-refractivity contribution in [2.24, 2.45) is 0 Å². The molecule has 0 saturated heterocycles. The molecule has 0 amide bonds. The number of benzene rings is 4. The van der Waals surface area contributed by atoms with Crippen LogP contribution >= 0.6 is 0 Å². The molecular formula is C38H40Hf. The fourth-order valence-electron chi connectivity index (χ4n) is 8.01. The van der Waals surface area contributed by atoms with Gasteiger partial charge in [0.1, 0.15) is 0 Å². The second kappa shape index (κ2) is 9.70. The summed E-state index contributed by atoms with van der Waals surface area (Å²) < 4.78 is 6.60. The van der Waals surface area contributed by atoms with Crippen LogP contribution in [0, 0.1) is 27.7 Å². The molecule has 2 unspecified atom stereocenters. The average molecular weight is 675 g/mol. The first-order valence-corrected chi connectivity index (χ1v) is 25.7. The molecule has 4 aromatic rings. The Hall–Kier alpha value is -2.77. The summed E-state index contributed by atoms with van der Waals surface area (Å²) in [6.45, 7) is 13.6. The van der Waals surface area contributed by atoms with Crippen molar-refractivity contribution in [1.29, 1.82) is 0 Å². The summed E-state index contributed by atoms with van der Waals surface area (Å²) >= 11 is -3.04. The number of aryl methyl sites for hydroxylation is 4. The van der Waals surface area contributed by atoms with Gasteiger partial charge >= 0.3 is 241 Å². The van der Waals surface area contributed by atoms with Crippen LogP contribution in [0.3, 0.4) is 0 Å². The summed E-state index contributed by atoms with van der Waals surface area (Å²) in [6.07, 6.45) is 5.05. The van der Waals surface area contributed by atoms with Crippen LogP contribution in [-0.4, -0.2) is 0 Å². The van der Waals surface area contributed by atoms with Crippen LogP contribution in [-0.2, 0) is 20.0 Å². The molecule has 0 heterocycles. The minimum absolute atomic E-state index is 0.586. The first-order valence-electron chi connectivity index (χ1n) is 14.3. The van der Waals surface area contributed by atoms with E-state index < -0.39 is 20.0 Å². The number of rotatable bonds is 4. The summed E-state index contributed by atoms with van der Waals surface area (Å²) in [5.41, 5.74) is 20.0. The van der Waals surface area contributed by atoms with E-state index in [2.05, 4.69) is 136 Å². The topological polar surface area (TPSA) is 0 Å². The molecule has 2 atom stereocenters. The molecule has 196 valence electrons. The average Bonchev–Trinajstić information content (AvgIpc) is 3.38. The Kier molecular flexibility index (Phi) is 6.58. The Morgan fingerprint density at radius 1 is 0.487 bits per heavy atom. The first kappa shape index (κ1) is 26.5. The normalized spacial score (nSPS) is 18.1. The van der Waals surface area contributed by atoms with E-state index >= 15 is 0 Å². The number of hydrogen-bond donors (Lipinski definition) is 0. The van der Waals surface area contributed by atoms with Crippen molar-refractivity contribution in [3.63, 3.8) is 0 Å². The van der Waals surface area contributed by atoms with E-state index in [4.69, 9.17) is 0 Å². The Labute approximate surface area is 239 Å². The quantitative estimate of drug-likeness (QED) is 0.189. The zero-order chi connectivity index (χ0) is 27.6. The van der Waals surface area contributed by atoms with Crippen LogP contribution in [0.1, 0.15) is 65.7 Å². The van der Waals surface area contributed by atoms with Crippen LogP contribution in [0.15, 0.2) is 83.9 Å². The molecule has 0 fully saturated rings. The molecule has 39 heavy (non-hydrogen) atoms. The molecule has 4 aromatic carbocycles. The molecule has 0 nitrogen and oxygen atoms in total.